The smallest absolute Gasteiger partial charge is 0.166 e. The Morgan fingerprint density at radius 3 is 2.60 bits per heavy atom. The maximum Gasteiger partial charge on any atom is 0.166 e. The molecule has 5 heteroatoms. The number of sulfone groups is 1. The molecule has 1 atom stereocenters. The van der Waals surface area contributed by atoms with E-state index in [4.69, 9.17) is 0 Å². The number of nitrogens with zero attached hydrogens (tertiary/aromatic N) is 1. The highest BCUT2D eigenvalue weighted by Crippen LogP contribution is 2.12. The molecular weight excluding hydrogens is 274 g/mol. The van der Waals surface area contributed by atoms with Crippen molar-refractivity contribution in [2.75, 3.05) is 31.1 Å². The van der Waals surface area contributed by atoms with Gasteiger partial charge in [-0.1, -0.05) is 37.3 Å². The molecule has 1 heterocycles. The van der Waals surface area contributed by atoms with Crippen LogP contribution in [-0.4, -0.2) is 50.2 Å². The van der Waals surface area contributed by atoms with Gasteiger partial charge in [-0.15, -0.1) is 0 Å². The molecule has 0 spiro atoms. The number of benzene rings is 1. The molecule has 1 aromatic carbocycles. The first-order valence-electron chi connectivity index (χ1n) is 7.00. The van der Waals surface area contributed by atoms with Gasteiger partial charge in [0.2, 0.25) is 0 Å². The molecular formula is C15H21NO3S. The van der Waals surface area contributed by atoms with Crippen LogP contribution in [0.15, 0.2) is 30.3 Å². The molecule has 4 nitrogen and oxygen atoms in total. The Morgan fingerprint density at radius 2 is 1.90 bits per heavy atom. The molecule has 20 heavy (non-hydrogen) atoms. The van der Waals surface area contributed by atoms with E-state index in [-0.39, 0.29) is 23.2 Å². The van der Waals surface area contributed by atoms with Gasteiger partial charge in [-0.05, 0) is 13.0 Å². The third kappa shape index (κ3) is 4.15. The summed E-state index contributed by atoms with van der Waals surface area (Å²) in [5, 5.41) is 0. The SMILES string of the molecule is CC(CN1CCCS(=O)(=O)CC1)C(=O)c1ccccc1. The molecule has 1 aliphatic heterocycles. The molecule has 110 valence electrons. The molecule has 1 aliphatic rings. The van der Waals surface area contributed by atoms with Crippen molar-refractivity contribution in [1.82, 2.24) is 4.90 Å². The number of hydrogen-bond acceptors (Lipinski definition) is 4. The Labute approximate surface area is 120 Å². The fraction of sp³-hybridized carbons (Fsp3) is 0.533. The second-order valence-electron chi connectivity index (χ2n) is 5.44. The first-order valence-corrected chi connectivity index (χ1v) is 8.82. The lowest BCUT2D eigenvalue weighted by molar-refractivity contribution is 0.0897. The third-order valence-electron chi connectivity index (χ3n) is 3.69. The van der Waals surface area contributed by atoms with Gasteiger partial charge in [-0.25, -0.2) is 8.42 Å². The third-order valence-corrected chi connectivity index (χ3v) is 5.40. The van der Waals surface area contributed by atoms with Gasteiger partial charge in [-0.3, -0.25) is 4.79 Å². The van der Waals surface area contributed by atoms with E-state index in [0.29, 0.717) is 19.5 Å². The van der Waals surface area contributed by atoms with Crippen molar-refractivity contribution in [3.8, 4) is 0 Å². The second kappa shape index (κ2) is 6.50. The second-order valence-corrected chi connectivity index (χ2v) is 7.74. The van der Waals surface area contributed by atoms with Crippen molar-refractivity contribution < 1.29 is 13.2 Å². The Hall–Kier alpha value is -1.20. The van der Waals surface area contributed by atoms with E-state index < -0.39 is 9.84 Å². The summed E-state index contributed by atoms with van der Waals surface area (Å²) in [5.41, 5.74) is 0.724. The van der Waals surface area contributed by atoms with Crippen LogP contribution >= 0.6 is 0 Å². The minimum Gasteiger partial charge on any atom is -0.302 e. The van der Waals surface area contributed by atoms with E-state index in [1.807, 2.05) is 37.3 Å². The van der Waals surface area contributed by atoms with Crippen LogP contribution in [0.1, 0.15) is 23.7 Å². The normalized spacial score (nSPS) is 21.1. The topological polar surface area (TPSA) is 54.5 Å². The molecule has 2 rings (SSSR count). The van der Waals surface area contributed by atoms with Crippen molar-refractivity contribution in [3.05, 3.63) is 35.9 Å². The highest BCUT2D eigenvalue weighted by atomic mass is 32.2. The zero-order valence-corrected chi connectivity index (χ0v) is 12.6. The zero-order chi connectivity index (χ0) is 14.6. The van der Waals surface area contributed by atoms with Crippen LogP contribution in [-0.2, 0) is 9.84 Å². The number of rotatable bonds is 4. The lowest BCUT2D eigenvalue weighted by Crippen LogP contribution is -2.34. The highest BCUT2D eigenvalue weighted by Gasteiger charge is 2.23. The molecule has 1 fully saturated rings. The van der Waals surface area contributed by atoms with Gasteiger partial charge >= 0.3 is 0 Å². The lowest BCUT2D eigenvalue weighted by Gasteiger charge is -2.22. The number of carbonyl (C=O) groups excluding carboxylic acids is 1. The van der Waals surface area contributed by atoms with E-state index in [2.05, 4.69) is 4.90 Å². The molecule has 0 saturated carbocycles. The molecule has 0 bridgehead atoms. The van der Waals surface area contributed by atoms with E-state index in [9.17, 15) is 13.2 Å². The van der Waals surface area contributed by atoms with Gasteiger partial charge in [0.25, 0.3) is 0 Å². The molecule has 1 saturated heterocycles. The van der Waals surface area contributed by atoms with Gasteiger partial charge in [0.1, 0.15) is 0 Å². The summed E-state index contributed by atoms with van der Waals surface area (Å²) < 4.78 is 23.1. The van der Waals surface area contributed by atoms with Crippen LogP contribution < -0.4 is 0 Å². The van der Waals surface area contributed by atoms with Crippen LogP contribution in [0.3, 0.4) is 0 Å². The maximum atomic E-state index is 12.3. The number of carbonyl (C=O) groups is 1. The Kier molecular flexibility index (Phi) is 4.94. The Bertz CT molecular complexity index is 554. The first-order chi connectivity index (χ1) is 9.48. The summed E-state index contributed by atoms with van der Waals surface area (Å²) in [6.45, 7) is 3.83. The highest BCUT2D eigenvalue weighted by molar-refractivity contribution is 7.91. The van der Waals surface area contributed by atoms with Crippen LogP contribution in [0.4, 0.5) is 0 Å². The maximum absolute atomic E-state index is 12.3. The summed E-state index contributed by atoms with van der Waals surface area (Å²) in [5.74, 6) is 0.486. The predicted octanol–water partition coefficient (Wildman–Crippen LogP) is 1.63. The average Bonchev–Trinajstić information content (AvgIpc) is 2.60. The van der Waals surface area contributed by atoms with Crippen LogP contribution in [0.2, 0.25) is 0 Å². The van der Waals surface area contributed by atoms with E-state index in [1.54, 1.807) is 0 Å². The van der Waals surface area contributed by atoms with Crippen molar-refractivity contribution in [2.45, 2.75) is 13.3 Å². The molecule has 0 amide bonds. The van der Waals surface area contributed by atoms with Gasteiger partial charge in [0.05, 0.1) is 11.5 Å². The Morgan fingerprint density at radius 1 is 1.20 bits per heavy atom. The van der Waals surface area contributed by atoms with Crippen molar-refractivity contribution >= 4 is 15.6 Å². The number of hydrogen-bond donors (Lipinski definition) is 0. The quantitative estimate of drug-likeness (QED) is 0.792. The minimum atomic E-state index is -2.89. The molecule has 1 aromatic rings. The zero-order valence-electron chi connectivity index (χ0n) is 11.8. The van der Waals surface area contributed by atoms with Gasteiger partial charge in [0, 0.05) is 24.6 Å². The Balaban J connectivity index is 1.94. The fourth-order valence-electron chi connectivity index (χ4n) is 2.53. The molecule has 1 unspecified atom stereocenters. The van der Waals surface area contributed by atoms with Crippen LogP contribution in [0.5, 0.6) is 0 Å². The molecule has 0 N–H and O–H groups in total. The van der Waals surface area contributed by atoms with Gasteiger partial charge < -0.3 is 4.90 Å². The fourth-order valence-corrected chi connectivity index (χ4v) is 3.84. The van der Waals surface area contributed by atoms with Crippen LogP contribution in [0.25, 0.3) is 0 Å². The average molecular weight is 295 g/mol. The summed E-state index contributed by atoms with van der Waals surface area (Å²) in [4.78, 5) is 14.4. The van der Waals surface area contributed by atoms with Crippen molar-refractivity contribution in [1.29, 1.82) is 0 Å². The molecule has 0 aromatic heterocycles. The lowest BCUT2D eigenvalue weighted by atomic mass is 9.99. The first kappa shape index (κ1) is 15.2. The van der Waals surface area contributed by atoms with Crippen LogP contribution in [0, 0.1) is 5.92 Å². The minimum absolute atomic E-state index is 0.113. The predicted molar refractivity (Wildman–Crippen MR) is 79.6 cm³/mol. The monoisotopic (exact) mass is 295 g/mol. The van der Waals surface area contributed by atoms with E-state index in [1.165, 1.54) is 0 Å². The van der Waals surface area contributed by atoms with Gasteiger partial charge in [-0.2, -0.15) is 0 Å². The number of Topliss-reactive ketones (excluding diaryl/α,β-unsaturated/α-hetero) is 1. The van der Waals surface area contributed by atoms with Crippen molar-refractivity contribution in [3.63, 3.8) is 0 Å². The largest absolute Gasteiger partial charge is 0.302 e. The summed E-state index contributed by atoms with van der Waals surface area (Å²) in [6, 6.07) is 9.26. The van der Waals surface area contributed by atoms with Crippen molar-refractivity contribution in [2.24, 2.45) is 5.92 Å². The summed E-state index contributed by atoms with van der Waals surface area (Å²) in [7, 11) is -2.89. The number of ketones is 1. The van der Waals surface area contributed by atoms with Gasteiger partial charge in [0.15, 0.2) is 15.6 Å². The molecule has 0 aliphatic carbocycles. The molecule has 0 radical (unpaired) electrons. The van der Waals surface area contributed by atoms with E-state index in [0.717, 1.165) is 12.1 Å². The summed E-state index contributed by atoms with van der Waals surface area (Å²) >= 11 is 0. The van der Waals surface area contributed by atoms with E-state index >= 15 is 0 Å². The standard InChI is InChI=1S/C15H21NO3S/c1-13(15(17)14-6-3-2-4-7-14)12-16-8-5-10-20(18,19)11-9-16/h2-4,6-7,13H,5,8-12H2,1H3. The summed E-state index contributed by atoms with van der Waals surface area (Å²) in [6.07, 6.45) is 0.661.